The van der Waals surface area contributed by atoms with Crippen LogP contribution in [0.2, 0.25) is 0 Å². The van der Waals surface area contributed by atoms with Crippen molar-refractivity contribution in [1.29, 1.82) is 0 Å². The Kier molecular flexibility index (Phi) is 3.52. The third-order valence-corrected chi connectivity index (χ3v) is 3.53. The number of hydrogen-bond donors (Lipinski definition) is 1. The van der Waals surface area contributed by atoms with Crippen LogP contribution in [-0.2, 0) is 11.3 Å². The third-order valence-electron chi connectivity index (χ3n) is 3.53. The highest BCUT2D eigenvalue weighted by atomic mass is 16.3. The summed E-state index contributed by atoms with van der Waals surface area (Å²) in [4.78, 5) is 13.8. The van der Waals surface area contributed by atoms with Crippen LogP contribution in [0.25, 0.3) is 0 Å². The van der Waals surface area contributed by atoms with Gasteiger partial charge in [-0.3, -0.25) is 4.79 Å². The monoisotopic (exact) mass is 236 g/mol. The molecule has 0 atom stereocenters. The molecule has 0 bridgehead atoms. The average Bonchev–Trinajstić information content (AvgIpc) is 2.90. The maximum absolute atomic E-state index is 12.0. The minimum Gasteiger partial charge on any atom is -0.472 e. The Morgan fingerprint density at radius 3 is 2.82 bits per heavy atom. The van der Waals surface area contributed by atoms with Crippen LogP contribution in [0.5, 0.6) is 0 Å². The van der Waals surface area contributed by atoms with E-state index in [-0.39, 0.29) is 11.4 Å². The lowest BCUT2D eigenvalue weighted by molar-refractivity contribution is -0.131. The maximum Gasteiger partial charge on any atom is 0.224 e. The normalized spacial score (nSPS) is 18.2. The molecule has 0 radical (unpaired) electrons. The molecular formula is C13H20N2O2. The quantitative estimate of drug-likeness (QED) is 0.868. The summed E-state index contributed by atoms with van der Waals surface area (Å²) in [5, 5.41) is 0. The third kappa shape index (κ3) is 3.09. The van der Waals surface area contributed by atoms with E-state index in [4.69, 9.17) is 10.2 Å². The number of amides is 1. The Balaban J connectivity index is 1.87. The van der Waals surface area contributed by atoms with Gasteiger partial charge in [0.05, 0.1) is 12.5 Å². The van der Waals surface area contributed by atoms with E-state index in [0.29, 0.717) is 13.0 Å². The first-order valence-corrected chi connectivity index (χ1v) is 6.13. The SMILES string of the molecule is CN(Cc1ccoc1)C(=O)CC1(N)CCCC1. The fourth-order valence-electron chi connectivity index (χ4n) is 2.44. The molecule has 0 spiro atoms. The molecular weight excluding hydrogens is 216 g/mol. The predicted molar refractivity (Wildman–Crippen MR) is 65.2 cm³/mol. The van der Waals surface area contributed by atoms with Crippen LogP contribution >= 0.6 is 0 Å². The van der Waals surface area contributed by atoms with Crippen LogP contribution in [0, 0.1) is 0 Å². The minimum absolute atomic E-state index is 0.121. The molecule has 17 heavy (non-hydrogen) atoms. The standard InChI is InChI=1S/C13H20N2O2/c1-15(9-11-4-7-17-10-11)12(16)8-13(14)5-2-3-6-13/h4,7,10H,2-3,5-6,8-9,14H2,1H3. The number of nitrogens with two attached hydrogens (primary N) is 1. The molecule has 1 aromatic heterocycles. The van der Waals surface area contributed by atoms with Crippen molar-refractivity contribution in [3.05, 3.63) is 24.2 Å². The van der Waals surface area contributed by atoms with Crippen LogP contribution in [0.1, 0.15) is 37.7 Å². The molecule has 1 aromatic rings. The van der Waals surface area contributed by atoms with E-state index in [9.17, 15) is 4.79 Å². The predicted octanol–water partition coefficient (Wildman–Crippen LogP) is 1.90. The van der Waals surface area contributed by atoms with Crippen LogP contribution in [0.4, 0.5) is 0 Å². The van der Waals surface area contributed by atoms with Crippen LogP contribution in [-0.4, -0.2) is 23.4 Å². The van der Waals surface area contributed by atoms with Gasteiger partial charge >= 0.3 is 0 Å². The number of nitrogens with zero attached hydrogens (tertiary/aromatic N) is 1. The first-order valence-electron chi connectivity index (χ1n) is 6.13. The molecule has 1 aliphatic carbocycles. The highest BCUT2D eigenvalue weighted by Crippen LogP contribution is 2.30. The van der Waals surface area contributed by atoms with Crippen molar-refractivity contribution in [2.75, 3.05) is 7.05 Å². The number of carbonyl (C=O) groups excluding carboxylic acids is 1. The zero-order valence-corrected chi connectivity index (χ0v) is 10.3. The van der Waals surface area contributed by atoms with Gasteiger partial charge in [-0.25, -0.2) is 0 Å². The van der Waals surface area contributed by atoms with E-state index in [1.807, 2.05) is 13.1 Å². The van der Waals surface area contributed by atoms with Crippen molar-refractivity contribution >= 4 is 5.91 Å². The van der Waals surface area contributed by atoms with Gasteiger partial charge in [-0.1, -0.05) is 12.8 Å². The molecule has 1 amide bonds. The second-order valence-corrected chi connectivity index (χ2v) is 5.13. The Morgan fingerprint density at radius 2 is 2.24 bits per heavy atom. The van der Waals surface area contributed by atoms with E-state index in [1.165, 1.54) is 0 Å². The van der Waals surface area contributed by atoms with Crippen LogP contribution in [0.15, 0.2) is 23.0 Å². The molecule has 1 fully saturated rings. The number of carbonyl (C=O) groups is 1. The lowest BCUT2D eigenvalue weighted by Gasteiger charge is -2.26. The summed E-state index contributed by atoms with van der Waals surface area (Å²) in [7, 11) is 1.81. The van der Waals surface area contributed by atoms with Gasteiger partial charge in [-0.15, -0.1) is 0 Å². The van der Waals surface area contributed by atoms with Crippen molar-refractivity contribution in [2.45, 2.75) is 44.2 Å². The van der Waals surface area contributed by atoms with Crippen molar-refractivity contribution in [3.63, 3.8) is 0 Å². The summed E-state index contributed by atoms with van der Waals surface area (Å²) in [5.74, 6) is 0.121. The first-order chi connectivity index (χ1) is 8.09. The molecule has 0 aliphatic heterocycles. The minimum atomic E-state index is -0.262. The molecule has 0 aromatic carbocycles. The summed E-state index contributed by atoms with van der Waals surface area (Å²) in [6, 6.07) is 1.87. The summed E-state index contributed by atoms with van der Waals surface area (Å²) in [6.07, 6.45) is 7.98. The Hall–Kier alpha value is -1.29. The summed E-state index contributed by atoms with van der Waals surface area (Å²) in [6.45, 7) is 0.589. The Morgan fingerprint density at radius 1 is 1.53 bits per heavy atom. The van der Waals surface area contributed by atoms with Gasteiger partial charge in [-0.05, 0) is 18.9 Å². The Bertz CT molecular complexity index is 367. The van der Waals surface area contributed by atoms with E-state index in [0.717, 1.165) is 31.2 Å². The highest BCUT2D eigenvalue weighted by Gasteiger charge is 2.32. The van der Waals surface area contributed by atoms with Gasteiger partial charge in [0.25, 0.3) is 0 Å². The molecule has 0 unspecified atom stereocenters. The summed E-state index contributed by atoms with van der Waals surface area (Å²) < 4.78 is 4.99. The highest BCUT2D eigenvalue weighted by molar-refractivity contribution is 5.77. The molecule has 4 nitrogen and oxygen atoms in total. The van der Waals surface area contributed by atoms with Crippen molar-refractivity contribution < 1.29 is 9.21 Å². The van der Waals surface area contributed by atoms with Gasteiger partial charge < -0.3 is 15.1 Å². The van der Waals surface area contributed by atoms with E-state index in [2.05, 4.69) is 0 Å². The van der Waals surface area contributed by atoms with Crippen molar-refractivity contribution in [2.24, 2.45) is 5.73 Å². The first kappa shape index (κ1) is 12.2. The zero-order chi connectivity index (χ0) is 12.3. The second-order valence-electron chi connectivity index (χ2n) is 5.13. The molecule has 0 saturated heterocycles. The van der Waals surface area contributed by atoms with Crippen molar-refractivity contribution in [3.8, 4) is 0 Å². The fraction of sp³-hybridized carbons (Fsp3) is 0.615. The van der Waals surface area contributed by atoms with Gasteiger partial charge in [-0.2, -0.15) is 0 Å². The summed E-state index contributed by atoms with van der Waals surface area (Å²) in [5.41, 5.74) is 6.96. The number of hydrogen-bond acceptors (Lipinski definition) is 3. The van der Waals surface area contributed by atoms with E-state index < -0.39 is 0 Å². The number of rotatable bonds is 4. The van der Waals surface area contributed by atoms with E-state index >= 15 is 0 Å². The van der Waals surface area contributed by atoms with Gasteiger partial charge in [0.2, 0.25) is 5.91 Å². The van der Waals surface area contributed by atoms with Gasteiger partial charge in [0.1, 0.15) is 0 Å². The second kappa shape index (κ2) is 4.92. The zero-order valence-electron chi connectivity index (χ0n) is 10.3. The topological polar surface area (TPSA) is 59.5 Å². The molecule has 2 rings (SSSR count). The fourth-order valence-corrected chi connectivity index (χ4v) is 2.44. The van der Waals surface area contributed by atoms with Crippen LogP contribution < -0.4 is 5.73 Å². The lowest BCUT2D eigenvalue weighted by atomic mass is 9.94. The Labute approximate surface area is 102 Å². The average molecular weight is 236 g/mol. The molecule has 2 N–H and O–H groups in total. The smallest absolute Gasteiger partial charge is 0.224 e. The molecule has 1 aliphatic rings. The molecule has 1 heterocycles. The van der Waals surface area contributed by atoms with E-state index in [1.54, 1.807) is 17.4 Å². The number of furan rings is 1. The molecule has 4 heteroatoms. The molecule has 1 saturated carbocycles. The lowest BCUT2D eigenvalue weighted by Crippen LogP contribution is -2.42. The van der Waals surface area contributed by atoms with Crippen molar-refractivity contribution in [1.82, 2.24) is 4.90 Å². The van der Waals surface area contributed by atoms with Gasteiger partial charge in [0, 0.05) is 31.1 Å². The van der Waals surface area contributed by atoms with Gasteiger partial charge in [0.15, 0.2) is 0 Å². The largest absolute Gasteiger partial charge is 0.472 e. The summed E-state index contributed by atoms with van der Waals surface area (Å²) >= 11 is 0. The van der Waals surface area contributed by atoms with Crippen LogP contribution in [0.3, 0.4) is 0 Å². The maximum atomic E-state index is 12.0. The molecule has 94 valence electrons.